The highest BCUT2D eigenvalue weighted by atomic mass is 32.2. The maximum absolute atomic E-state index is 5.99. The van der Waals surface area contributed by atoms with Gasteiger partial charge >= 0.3 is 0 Å². The summed E-state index contributed by atoms with van der Waals surface area (Å²) in [5.41, 5.74) is 2.11. The molecule has 4 aromatic rings. The smallest absolute Gasteiger partial charge is 0.247 e. The predicted molar refractivity (Wildman–Crippen MR) is 127 cm³/mol. The van der Waals surface area contributed by atoms with Gasteiger partial charge in [-0.1, -0.05) is 36.4 Å². The lowest BCUT2D eigenvalue weighted by molar-refractivity contribution is 0.427. The van der Waals surface area contributed by atoms with E-state index in [0.717, 1.165) is 54.3 Å². The third-order valence-corrected chi connectivity index (χ3v) is 7.09. The molecule has 172 valence electrons. The van der Waals surface area contributed by atoms with Crippen LogP contribution in [0.25, 0.3) is 11.5 Å². The second-order valence-electron chi connectivity index (χ2n) is 8.69. The number of piperidine rings is 1. The Kier molecular flexibility index (Phi) is 6.22. The van der Waals surface area contributed by atoms with E-state index in [1.165, 1.54) is 5.56 Å². The van der Waals surface area contributed by atoms with Crippen LogP contribution < -0.4 is 4.90 Å². The molecule has 5 rings (SSSR count). The molecular weight excluding hydrogens is 436 g/mol. The Labute approximate surface area is 197 Å². The van der Waals surface area contributed by atoms with Crippen molar-refractivity contribution >= 4 is 17.7 Å². The molecule has 1 fully saturated rings. The lowest BCUT2D eigenvalue weighted by atomic mass is 10.00. The average molecular weight is 465 g/mol. The second kappa shape index (κ2) is 9.43. The van der Waals surface area contributed by atoms with Crippen molar-refractivity contribution in [2.75, 3.05) is 18.0 Å². The SMILES string of the molecule is Cc1ccc(-c2nnc(C(C)Sc3nnc(N4CCC(C)CC4)n3Cc3ccco3)o2)cc1. The summed E-state index contributed by atoms with van der Waals surface area (Å²) in [5.74, 6) is 3.60. The van der Waals surface area contributed by atoms with Crippen LogP contribution in [0.2, 0.25) is 0 Å². The molecule has 1 unspecified atom stereocenters. The summed E-state index contributed by atoms with van der Waals surface area (Å²) in [6.45, 7) is 8.96. The normalized spacial score (nSPS) is 15.8. The Bertz CT molecular complexity index is 1180. The number of hydrogen-bond donors (Lipinski definition) is 0. The summed E-state index contributed by atoms with van der Waals surface area (Å²) in [5, 5.41) is 18.4. The summed E-state index contributed by atoms with van der Waals surface area (Å²) >= 11 is 1.57. The minimum absolute atomic E-state index is 0.0783. The molecule has 0 bridgehead atoms. The molecule has 1 aliphatic rings. The van der Waals surface area contributed by atoms with Gasteiger partial charge in [-0.2, -0.15) is 0 Å². The number of rotatable bonds is 7. The van der Waals surface area contributed by atoms with E-state index in [0.29, 0.717) is 18.3 Å². The molecule has 0 saturated carbocycles. The summed E-state index contributed by atoms with van der Waals surface area (Å²) in [6, 6.07) is 12.0. The Hall–Kier alpha value is -3.07. The number of aromatic nitrogens is 5. The molecule has 1 saturated heterocycles. The van der Waals surface area contributed by atoms with Crippen molar-refractivity contribution in [2.45, 2.75) is 50.6 Å². The molecule has 1 atom stereocenters. The van der Waals surface area contributed by atoms with Crippen LogP contribution in [-0.4, -0.2) is 38.1 Å². The van der Waals surface area contributed by atoms with Crippen LogP contribution in [0.15, 0.2) is 56.7 Å². The number of hydrogen-bond acceptors (Lipinski definition) is 8. The van der Waals surface area contributed by atoms with Gasteiger partial charge in [0.05, 0.1) is 18.1 Å². The van der Waals surface area contributed by atoms with E-state index in [1.807, 2.05) is 43.3 Å². The van der Waals surface area contributed by atoms with E-state index in [2.05, 4.69) is 43.7 Å². The molecular formula is C24H28N6O2S. The van der Waals surface area contributed by atoms with E-state index < -0.39 is 0 Å². The molecule has 3 aromatic heterocycles. The molecule has 0 aliphatic carbocycles. The van der Waals surface area contributed by atoms with E-state index in [4.69, 9.17) is 8.83 Å². The molecule has 0 spiro atoms. The molecule has 0 N–H and O–H groups in total. The van der Waals surface area contributed by atoms with Gasteiger partial charge in [-0.15, -0.1) is 20.4 Å². The number of benzene rings is 1. The minimum atomic E-state index is -0.0783. The first-order chi connectivity index (χ1) is 16.1. The van der Waals surface area contributed by atoms with Crippen LogP contribution >= 0.6 is 11.8 Å². The van der Waals surface area contributed by atoms with Crippen LogP contribution in [0.3, 0.4) is 0 Å². The van der Waals surface area contributed by atoms with Crippen molar-refractivity contribution < 1.29 is 8.83 Å². The highest BCUT2D eigenvalue weighted by Gasteiger charge is 2.26. The van der Waals surface area contributed by atoms with Crippen molar-refractivity contribution in [1.29, 1.82) is 0 Å². The van der Waals surface area contributed by atoms with E-state index >= 15 is 0 Å². The van der Waals surface area contributed by atoms with Crippen LogP contribution in [0.1, 0.15) is 49.2 Å². The number of aryl methyl sites for hydroxylation is 1. The van der Waals surface area contributed by atoms with E-state index in [1.54, 1.807) is 18.0 Å². The van der Waals surface area contributed by atoms with Crippen molar-refractivity contribution in [3.05, 3.63) is 59.9 Å². The average Bonchev–Trinajstić information content (AvgIpc) is 3.58. The van der Waals surface area contributed by atoms with Gasteiger partial charge in [0, 0.05) is 18.7 Å². The van der Waals surface area contributed by atoms with E-state index in [-0.39, 0.29) is 5.25 Å². The van der Waals surface area contributed by atoms with Gasteiger partial charge in [-0.25, -0.2) is 0 Å². The molecule has 0 radical (unpaired) electrons. The Morgan fingerprint density at radius 3 is 2.58 bits per heavy atom. The molecule has 1 aromatic carbocycles. The fraction of sp³-hybridized carbons (Fsp3) is 0.417. The maximum atomic E-state index is 5.99. The summed E-state index contributed by atoms with van der Waals surface area (Å²) in [7, 11) is 0. The maximum Gasteiger partial charge on any atom is 0.247 e. The summed E-state index contributed by atoms with van der Waals surface area (Å²) in [6.07, 6.45) is 4.02. The van der Waals surface area contributed by atoms with Crippen molar-refractivity contribution in [3.8, 4) is 11.5 Å². The van der Waals surface area contributed by atoms with Crippen LogP contribution in [0.4, 0.5) is 5.95 Å². The molecule has 9 heteroatoms. The quantitative estimate of drug-likeness (QED) is 0.338. The lowest BCUT2D eigenvalue weighted by Gasteiger charge is -2.31. The van der Waals surface area contributed by atoms with Gasteiger partial charge in [-0.05, 0) is 56.9 Å². The highest BCUT2D eigenvalue weighted by molar-refractivity contribution is 7.99. The fourth-order valence-corrected chi connectivity index (χ4v) is 4.80. The first-order valence-corrected chi connectivity index (χ1v) is 12.2. The van der Waals surface area contributed by atoms with Gasteiger partial charge in [0.25, 0.3) is 0 Å². The first-order valence-electron chi connectivity index (χ1n) is 11.3. The Balaban J connectivity index is 1.37. The fourth-order valence-electron chi connectivity index (χ4n) is 3.93. The monoisotopic (exact) mass is 464 g/mol. The standard InChI is InChI=1S/C24H28N6O2S/c1-16-6-8-19(9-7-16)22-26-25-21(32-22)18(3)33-24-28-27-23(29-12-10-17(2)11-13-29)30(24)15-20-5-4-14-31-20/h4-9,14,17-18H,10-13,15H2,1-3H3. The van der Waals surface area contributed by atoms with Gasteiger partial charge in [0.1, 0.15) is 5.76 Å². The van der Waals surface area contributed by atoms with Gasteiger partial charge in [0.15, 0.2) is 5.16 Å². The number of anilines is 1. The van der Waals surface area contributed by atoms with Crippen molar-refractivity contribution in [2.24, 2.45) is 5.92 Å². The van der Waals surface area contributed by atoms with Gasteiger partial charge in [-0.3, -0.25) is 4.57 Å². The molecule has 4 heterocycles. The summed E-state index contributed by atoms with van der Waals surface area (Å²) in [4.78, 5) is 2.33. The molecule has 8 nitrogen and oxygen atoms in total. The zero-order valence-corrected chi connectivity index (χ0v) is 20.0. The first kappa shape index (κ1) is 21.8. The van der Waals surface area contributed by atoms with Crippen LogP contribution in [-0.2, 0) is 6.54 Å². The van der Waals surface area contributed by atoms with Gasteiger partial charge < -0.3 is 13.7 Å². The van der Waals surface area contributed by atoms with Crippen molar-refractivity contribution in [1.82, 2.24) is 25.0 Å². The minimum Gasteiger partial charge on any atom is -0.467 e. The van der Waals surface area contributed by atoms with Crippen LogP contribution in [0, 0.1) is 12.8 Å². The second-order valence-corrected chi connectivity index (χ2v) is 10.00. The predicted octanol–water partition coefficient (Wildman–Crippen LogP) is 5.37. The van der Waals surface area contributed by atoms with Crippen LogP contribution in [0.5, 0.6) is 0 Å². The molecule has 33 heavy (non-hydrogen) atoms. The molecule has 1 aliphatic heterocycles. The topological polar surface area (TPSA) is 86.0 Å². The third-order valence-electron chi connectivity index (χ3n) is 6.03. The van der Waals surface area contributed by atoms with Gasteiger partial charge in [0.2, 0.25) is 17.7 Å². The molecule has 0 amide bonds. The van der Waals surface area contributed by atoms with Crippen molar-refractivity contribution in [3.63, 3.8) is 0 Å². The zero-order valence-electron chi connectivity index (χ0n) is 19.1. The number of furan rings is 1. The highest BCUT2D eigenvalue weighted by Crippen LogP contribution is 2.36. The lowest BCUT2D eigenvalue weighted by Crippen LogP contribution is -2.35. The Morgan fingerprint density at radius 2 is 1.85 bits per heavy atom. The third kappa shape index (κ3) is 4.83. The zero-order chi connectivity index (χ0) is 22.8. The largest absolute Gasteiger partial charge is 0.467 e. The summed E-state index contributed by atoms with van der Waals surface area (Å²) < 4.78 is 13.8. The number of nitrogens with zero attached hydrogens (tertiary/aromatic N) is 6. The van der Waals surface area contributed by atoms with E-state index in [9.17, 15) is 0 Å². The Morgan fingerprint density at radius 1 is 1.06 bits per heavy atom. The number of thioether (sulfide) groups is 1.